The van der Waals surface area contributed by atoms with Crippen LogP contribution in [-0.2, 0) is 4.79 Å². The molecule has 0 aliphatic heterocycles. The first-order valence-electron chi connectivity index (χ1n) is 7.26. The van der Waals surface area contributed by atoms with Crippen molar-refractivity contribution in [3.63, 3.8) is 0 Å². The number of rotatable bonds is 5. The van der Waals surface area contributed by atoms with Crippen molar-refractivity contribution in [2.24, 2.45) is 0 Å². The van der Waals surface area contributed by atoms with Crippen LogP contribution in [0.15, 0.2) is 41.3 Å². The van der Waals surface area contributed by atoms with Gasteiger partial charge in [-0.3, -0.25) is 4.79 Å². The molecule has 2 aromatic carbocycles. The lowest BCUT2D eigenvalue weighted by molar-refractivity contribution is -0.115. The Morgan fingerprint density at radius 3 is 2.83 bits per heavy atom. The van der Waals surface area contributed by atoms with Gasteiger partial charge in [-0.05, 0) is 43.3 Å². The zero-order valence-corrected chi connectivity index (χ0v) is 14.4. The Balaban J connectivity index is 1.53. The minimum Gasteiger partial charge on any atom is -0.326 e. The van der Waals surface area contributed by atoms with Crippen molar-refractivity contribution in [1.29, 1.82) is 0 Å². The zero-order valence-electron chi connectivity index (χ0n) is 12.8. The number of thioether (sulfide) groups is 1. The molecule has 1 amide bonds. The Kier molecular flexibility index (Phi) is 5.11. The predicted octanol–water partition coefficient (Wildman–Crippen LogP) is 5.00. The molecule has 0 fully saturated rings. The summed E-state index contributed by atoms with van der Waals surface area (Å²) in [4.78, 5) is 17.0. The highest BCUT2D eigenvalue weighted by atomic mass is 32.2. The maximum Gasteiger partial charge on any atom is 0.225 e. The molecule has 0 aliphatic rings. The Morgan fingerprint density at radius 2 is 2.04 bits per heavy atom. The molecular formula is C17H14F2N2OS2. The van der Waals surface area contributed by atoms with E-state index >= 15 is 0 Å². The van der Waals surface area contributed by atoms with Crippen LogP contribution < -0.4 is 5.32 Å². The number of hydrogen-bond acceptors (Lipinski definition) is 4. The summed E-state index contributed by atoms with van der Waals surface area (Å²) in [5.74, 6) is -1.38. The van der Waals surface area contributed by atoms with Gasteiger partial charge >= 0.3 is 0 Å². The molecule has 0 saturated heterocycles. The third kappa shape index (κ3) is 4.10. The first-order chi connectivity index (χ1) is 11.5. The van der Waals surface area contributed by atoms with Gasteiger partial charge in [0.1, 0.15) is 0 Å². The second-order valence-electron chi connectivity index (χ2n) is 5.14. The Labute approximate surface area is 146 Å². The molecule has 0 spiro atoms. The van der Waals surface area contributed by atoms with E-state index in [1.807, 2.05) is 25.1 Å². The molecule has 3 rings (SSSR count). The summed E-state index contributed by atoms with van der Waals surface area (Å²) >= 11 is 2.89. The van der Waals surface area contributed by atoms with Gasteiger partial charge in [-0.2, -0.15) is 0 Å². The van der Waals surface area contributed by atoms with Gasteiger partial charge in [0.25, 0.3) is 0 Å². The molecule has 0 atom stereocenters. The number of aromatic nitrogens is 1. The summed E-state index contributed by atoms with van der Waals surface area (Å²) in [6, 6.07) is 9.33. The van der Waals surface area contributed by atoms with E-state index in [-0.39, 0.29) is 12.3 Å². The van der Waals surface area contributed by atoms with Gasteiger partial charge in [0, 0.05) is 22.8 Å². The molecule has 3 nitrogen and oxygen atoms in total. The number of nitrogens with one attached hydrogen (secondary N) is 1. The lowest BCUT2D eigenvalue weighted by atomic mass is 10.3. The SMILES string of the molecule is Cc1nc2ccc(NC(=O)CCSc3ccc(F)c(F)c3)cc2s1. The highest BCUT2D eigenvalue weighted by Gasteiger charge is 2.07. The number of thiazole rings is 1. The van der Waals surface area contributed by atoms with Crippen LogP contribution in [0, 0.1) is 18.6 Å². The van der Waals surface area contributed by atoms with E-state index in [2.05, 4.69) is 10.3 Å². The van der Waals surface area contributed by atoms with Crippen LogP contribution in [0.25, 0.3) is 10.2 Å². The first kappa shape index (κ1) is 16.9. The zero-order chi connectivity index (χ0) is 17.1. The van der Waals surface area contributed by atoms with Gasteiger partial charge in [0.2, 0.25) is 5.91 Å². The lowest BCUT2D eigenvalue weighted by Crippen LogP contribution is -2.12. The molecule has 1 heterocycles. The lowest BCUT2D eigenvalue weighted by Gasteiger charge is -2.05. The van der Waals surface area contributed by atoms with Crippen LogP contribution >= 0.6 is 23.1 Å². The van der Waals surface area contributed by atoms with E-state index in [1.54, 1.807) is 11.3 Å². The van der Waals surface area contributed by atoms with Crippen molar-refractivity contribution in [2.75, 3.05) is 11.1 Å². The monoisotopic (exact) mass is 364 g/mol. The van der Waals surface area contributed by atoms with E-state index < -0.39 is 11.6 Å². The molecule has 1 N–H and O–H groups in total. The predicted molar refractivity (Wildman–Crippen MR) is 94.7 cm³/mol. The average Bonchev–Trinajstić information content (AvgIpc) is 2.90. The normalized spacial score (nSPS) is 11.0. The van der Waals surface area contributed by atoms with Gasteiger partial charge in [0.15, 0.2) is 11.6 Å². The van der Waals surface area contributed by atoms with Crippen LogP contribution in [0.3, 0.4) is 0 Å². The number of fused-ring (bicyclic) bond motifs is 1. The number of benzene rings is 2. The molecule has 0 radical (unpaired) electrons. The summed E-state index contributed by atoms with van der Waals surface area (Å²) in [7, 11) is 0. The average molecular weight is 364 g/mol. The van der Waals surface area contributed by atoms with Gasteiger partial charge in [-0.25, -0.2) is 13.8 Å². The van der Waals surface area contributed by atoms with Gasteiger partial charge < -0.3 is 5.32 Å². The Hall–Kier alpha value is -1.99. The van der Waals surface area contributed by atoms with Crippen molar-refractivity contribution < 1.29 is 13.6 Å². The van der Waals surface area contributed by atoms with Crippen LogP contribution in [0.5, 0.6) is 0 Å². The summed E-state index contributed by atoms with van der Waals surface area (Å²) in [6.07, 6.45) is 0.281. The van der Waals surface area contributed by atoms with E-state index in [0.29, 0.717) is 10.6 Å². The Bertz CT molecular complexity index is 895. The topological polar surface area (TPSA) is 42.0 Å². The third-order valence-electron chi connectivity index (χ3n) is 3.27. The van der Waals surface area contributed by atoms with Crippen molar-refractivity contribution in [3.8, 4) is 0 Å². The smallest absolute Gasteiger partial charge is 0.225 e. The number of nitrogens with zero attached hydrogens (tertiary/aromatic N) is 1. The largest absolute Gasteiger partial charge is 0.326 e. The maximum atomic E-state index is 13.1. The maximum absolute atomic E-state index is 13.1. The molecule has 7 heteroatoms. The molecule has 0 aliphatic carbocycles. The second-order valence-corrected chi connectivity index (χ2v) is 7.54. The van der Waals surface area contributed by atoms with Crippen LogP contribution in [0.2, 0.25) is 0 Å². The first-order valence-corrected chi connectivity index (χ1v) is 9.06. The summed E-state index contributed by atoms with van der Waals surface area (Å²) < 4.78 is 27.0. The summed E-state index contributed by atoms with van der Waals surface area (Å²) in [5.41, 5.74) is 1.65. The van der Waals surface area contributed by atoms with E-state index in [9.17, 15) is 13.6 Å². The molecular weight excluding hydrogens is 350 g/mol. The third-order valence-corrected chi connectivity index (χ3v) is 5.20. The summed E-state index contributed by atoms with van der Waals surface area (Å²) in [6.45, 7) is 1.94. The molecule has 24 heavy (non-hydrogen) atoms. The quantitative estimate of drug-likeness (QED) is 0.648. The number of amides is 1. The van der Waals surface area contributed by atoms with E-state index in [0.717, 1.165) is 33.0 Å². The molecule has 0 bridgehead atoms. The van der Waals surface area contributed by atoms with Crippen LogP contribution in [0.1, 0.15) is 11.4 Å². The molecule has 1 aromatic heterocycles. The standard InChI is InChI=1S/C17H14F2N2OS2/c1-10-20-15-5-2-11(8-16(15)24-10)21-17(22)6-7-23-12-3-4-13(18)14(19)9-12/h2-5,8-9H,6-7H2,1H3,(H,21,22). The minimum absolute atomic E-state index is 0.120. The highest BCUT2D eigenvalue weighted by molar-refractivity contribution is 7.99. The Morgan fingerprint density at radius 1 is 1.21 bits per heavy atom. The number of carbonyl (C=O) groups is 1. The van der Waals surface area contributed by atoms with Crippen LogP contribution in [-0.4, -0.2) is 16.6 Å². The van der Waals surface area contributed by atoms with Gasteiger partial charge in [-0.15, -0.1) is 23.1 Å². The highest BCUT2D eigenvalue weighted by Crippen LogP contribution is 2.25. The van der Waals surface area contributed by atoms with Crippen molar-refractivity contribution in [3.05, 3.63) is 53.0 Å². The van der Waals surface area contributed by atoms with Crippen molar-refractivity contribution in [2.45, 2.75) is 18.2 Å². The van der Waals surface area contributed by atoms with E-state index in [1.165, 1.54) is 17.8 Å². The van der Waals surface area contributed by atoms with Crippen molar-refractivity contribution >= 4 is 44.9 Å². The number of halogens is 2. The van der Waals surface area contributed by atoms with E-state index in [4.69, 9.17) is 0 Å². The van der Waals surface area contributed by atoms with Gasteiger partial charge in [0.05, 0.1) is 15.2 Å². The molecule has 3 aromatic rings. The number of aryl methyl sites for hydroxylation is 1. The van der Waals surface area contributed by atoms with Gasteiger partial charge in [-0.1, -0.05) is 0 Å². The molecule has 0 unspecified atom stereocenters. The fourth-order valence-corrected chi connectivity index (χ4v) is 3.91. The number of anilines is 1. The molecule has 124 valence electrons. The fraction of sp³-hybridized carbons (Fsp3) is 0.176. The van der Waals surface area contributed by atoms with Crippen LogP contribution in [0.4, 0.5) is 14.5 Å². The fourth-order valence-electron chi connectivity index (χ4n) is 2.17. The molecule has 0 saturated carbocycles. The summed E-state index contributed by atoms with van der Waals surface area (Å²) in [5, 5.41) is 3.83. The van der Waals surface area contributed by atoms with Crippen molar-refractivity contribution in [1.82, 2.24) is 4.98 Å². The second kappa shape index (κ2) is 7.27. The number of carbonyl (C=O) groups excluding carboxylic acids is 1. The number of hydrogen-bond donors (Lipinski definition) is 1. The minimum atomic E-state index is -0.877.